The van der Waals surface area contributed by atoms with Crippen molar-refractivity contribution in [2.24, 2.45) is 0 Å². The highest BCUT2D eigenvalue weighted by Crippen LogP contribution is 1.81. The molecule has 0 saturated heterocycles. The van der Waals surface area contributed by atoms with Crippen LogP contribution in [0.4, 0.5) is 0 Å². The van der Waals surface area contributed by atoms with Gasteiger partial charge in [-0.05, 0) is 12.5 Å². The molecule has 0 unspecified atom stereocenters. The van der Waals surface area contributed by atoms with E-state index in [1.807, 2.05) is 6.92 Å². The van der Waals surface area contributed by atoms with Crippen LogP contribution in [-0.2, 0) is 14.3 Å². The van der Waals surface area contributed by atoms with Gasteiger partial charge in [0.25, 0.3) is 0 Å². The van der Waals surface area contributed by atoms with Crippen LogP contribution in [0.15, 0.2) is 17.9 Å². The monoisotopic (exact) mass is 170 g/mol. The second-order valence-corrected chi connectivity index (χ2v) is 2.08. The minimum absolute atomic E-state index is 0.291. The first kappa shape index (κ1) is 11.0. The van der Waals surface area contributed by atoms with Crippen molar-refractivity contribution in [2.45, 2.75) is 13.3 Å². The fraction of sp³-hybridized carbons (Fsp3) is 0.556. The first-order valence-electron chi connectivity index (χ1n) is 3.88. The van der Waals surface area contributed by atoms with E-state index in [9.17, 15) is 4.79 Å². The van der Waals surface area contributed by atoms with Crippen LogP contribution in [0, 0.1) is 0 Å². The van der Waals surface area contributed by atoms with Crippen LogP contribution in [0.1, 0.15) is 13.3 Å². The van der Waals surface area contributed by atoms with Gasteiger partial charge in [-0.15, -0.1) is 5.73 Å². The predicted octanol–water partition coefficient (Wildman–Crippen LogP) is 1.30. The summed E-state index contributed by atoms with van der Waals surface area (Å²) in [6.45, 7) is 2.69. The van der Waals surface area contributed by atoms with Crippen LogP contribution in [0.25, 0.3) is 0 Å². The summed E-state index contributed by atoms with van der Waals surface area (Å²) in [4.78, 5) is 10.8. The highest BCUT2D eigenvalue weighted by molar-refractivity contribution is 5.81. The molecular formula is C9H14O3. The molecule has 3 heteroatoms. The van der Waals surface area contributed by atoms with Gasteiger partial charge in [0, 0.05) is 7.11 Å². The summed E-state index contributed by atoms with van der Waals surface area (Å²) in [5.74, 6) is -0.378. The smallest absolute Gasteiger partial charge is 0.338 e. The van der Waals surface area contributed by atoms with Gasteiger partial charge < -0.3 is 9.47 Å². The fourth-order valence-electron chi connectivity index (χ4n) is 0.512. The van der Waals surface area contributed by atoms with Crippen molar-refractivity contribution >= 4 is 5.97 Å². The van der Waals surface area contributed by atoms with Crippen LogP contribution in [0.3, 0.4) is 0 Å². The van der Waals surface area contributed by atoms with Gasteiger partial charge in [0.2, 0.25) is 0 Å². The van der Waals surface area contributed by atoms with E-state index in [0.29, 0.717) is 13.2 Å². The average molecular weight is 170 g/mol. The summed E-state index contributed by atoms with van der Waals surface area (Å²) >= 11 is 0. The Morgan fingerprint density at radius 3 is 2.83 bits per heavy atom. The van der Waals surface area contributed by atoms with E-state index in [4.69, 9.17) is 9.47 Å². The zero-order valence-corrected chi connectivity index (χ0v) is 7.50. The quantitative estimate of drug-likeness (QED) is 0.270. The van der Waals surface area contributed by atoms with Crippen molar-refractivity contribution in [2.75, 3.05) is 20.3 Å². The zero-order valence-electron chi connectivity index (χ0n) is 7.50. The molecule has 0 saturated carbocycles. The van der Waals surface area contributed by atoms with E-state index in [1.54, 1.807) is 13.2 Å². The Balaban J connectivity index is 3.52. The summed E-state index contributed by atoms with van der Waals surface area (Å²) < 4.78 is 9.43. The van der Waals surface area contributed by atoms with Gasteiger partial charge in [0.1, 0.15) is 6.61 Å². The maximum Gasteiger partial charge on any atom is 0.338 e. The molecule has 0 aliphatic carbocycles. The van der Waals surface area contributed by atoms with Crippen LogP contribution >= 0.6 is 0 Å². The lowest BCUT2D eigenvalue weighted by Gasteiger charge is -1.98. The molecule has 0 bridgehead atoms. The lowest BCUT2D eigenvalue weighted by molar-refractivity contribution is -0.138. The molecule has 0 heterocycles. The van der Waals surface area contributed by atoms with Gasteiger partial charge >= 0.3 is 5.97 Å². The zero-order chi connectivity index (χ0) is 9.23. The molecule has 0 N–H and O–H groups in total. The van der Waals surface area contributed by atoms with E-state index in [2.05, 4.69) is 5.73 Å². The molecule has 0 aromatic carbocycles. The highest BCUT2D eigenvalue weighted by atomic mass is 16.6. The van der Waals surface area contributed by atoms with Crippen molar-refractivity contribution in [1.82, 2.24) is 0 Å². The van der Waals surface area contributed by atoms with E-state index >= 15 is 0 Å². The summed E-state index contributed by atoms with van der Waals surface area (Å²) in [6, 6.07) is 0. The molecule has 0 spiro atoms. The summed E-state index contributed by atoms with van der Waals surface area (Å²) in [6.07, 6.45) is 3.90. The molecule has 0 radical (unpaired) electrons. The van der Waals surface area contributed by atoms with Gasteiger partial charge in [-0.25, -0.2) is 4.79 Å². The summed E-state index contributed by atoms with van der Waals surface area (Å²) in [7, 11) is 1.56. The molecular weight excluding hydrogens is 156 g/mol. The number of ether oxygens (including phenoxy) is 2. The van der Waals surface area contributed by atoms with Gasteiger partial charge in [-0.1, -0.05) is 6.92 Å². The largest absolute Gasteiger partial charge is 0.460 e. The SMILES string of the molecule is CCC=C=CC(=O)OCCOC. The molecule has 3 nitrogen and oxygen atoms in total. The van der Waals surface area contributed by atoms with Crippen molar-refractivity contribution in [3.63, 3.8) is 0 Å². The van der Waals surface area contributed by atoms with Crippen molar-refractivity contribution in [1.29, 1.82) is 0 Å². The van der Waals surface area contributed by atoms with E-state index in [-0.39, 0.29) is 5.97 Å². The van der Waals surface area contributed by atoms with Gasteiger partial charge in [-0.3, -0.25) is 0 Å². The van der Waals surface area contributed by atoms with Gasteiger partial charge in [-0.2, -0.15) is 0 Å². The van der Waals surface area contributed by atoms with Gasteiger partial charge in [0.05, 0.1) is 12.7 Å². The molecule has 0 amide bonds. The molecule has 0 aromatic heterocycles. The number of hydrogen-bond donors (Lipinski definition) is 0. The molecule has 68 valence electrons. The Bertz CT molecular complexity index is 178. The highest BCUT2D eigenvalue weighted by Gasteiger charge is 1.93. The number of hydrogen-bond acceptors (Lipinski definition) is 3. The first-order valence-corrected chi connectivity index (χ1v) is 3.88. The topological polar surface area (TPSA) is 35.5 Å². The third-order valence-electron chi connectivity index (χ3n) is 1.05. The van der Waals surface area contributed by atoms with Crippen LogP contribution < -0.4 is 0 Å². The lowest BCUT2D eigenvalue weighted by Crippen LogP contribution is -2.06. The maximum atomic E-state index is 10.8. The van der Waals surface area contributed by atoms with Gasteiger partial charge in [0.15, 0.2) is 0 Å². The Hall–Kier alpha value is -1.05. The molecule has 0 rings (SSSR count). The predicted molar refractivity (Wildman–Crippen MR) is 45.8 cm³/mol. The molecule has 0 aliphatic rings. The lowest BCUT2D eigenvalue weighted by atomic mass is 10.4. The Kier molecular flexibility index (Phi) is 7.35. The van der Waals surface area contributed by atoms with Crippen LogP contribution in [0.5, 0.6) is 0 Å². The van der Waals surface area contributed by atoms with E-state index in [1.165, 1.54) is 6.08 Å². The van der Waals surface area contributed by atoms with Crippen LogP contribution in [-0.4, -0.2) is 26.3 Å². The third kappa shape index (κ3) is 7.06. The maximum absolute atomic E-state index is 10.8. The van der Waals surface area contributed by atoms with Crippen LogP contribution in [0.2, 0.25) is 0 Å². The average Bonchev–Trinajstić information content (AvgIpc) is 2.06. The second kappa shape index (κ2) is 8.05. The van der Waals surface area contributed by atoms with Crippen molar-refractivity contribution in [3.05, 3.63) is 17.9 Å². The normalized spacial score (nSPS) is 8.50. The number of methoxy groups -OCH3 is 1. The van der Waals surface area contributed by atoms with Crippen molar-refractivity contribution in [3.8, 4) is 0 Å². The summed E-state index contributed by atoms with van der Waals surface area (Å²) in [5, 5.41) is 0. The minimum atomic E-state index is -0.378. The Morgan fingerprint density at radius 1 is 1.50 bits per heavy atom. The van der Waals surface area contributed by atoms with E-state index < -0.39 is 0 Å². The number of rotatable bonds is 5. The number of esters is 1. The fourth-order valence-corrected chi connectivity index (χ4v) is 0.512. The Labute approximate surface area is 72.7 Å². The molecule has 0 aliphatic heterocycles. The first-order chi connectivity index (χ1) is 5.81. The minimum Gasteiger partial charge on any atom is -0.460 e. The van der Waals surface area contributed by atoms with E-state index in [0.717, 1.165) is 6.42 Å². The molecule has 0 atom stereocenters. The Morgan fingerprint density at radius 2 is 2.25 bits per heavy atom. The molecule has 0 aromatic rings. The second-order valence-electron chi connectivity index (χ2n) is 2.08. The number of carbonyl (C=O) groups excluding carboxylic acids is 1. The number of carbonyl (C=O) groups is 1. The third-order valence-corrected chi connectivity index (χ3v) is 1.05. The van der Waals surface area contributed by atoms with Crippen molar-refractivity contribution < 1.29 is 14.3 Å². The molecule has 0 fully saturated rings. The molecule has 12 heavy (non-hydrogen) atoms. The standard InChI is InChI=1S/C9H14O3/c1-3-4-5-6-9(10)12-8-7-11-2/h4,6H,3,7-8H2,1-2H3. The summed E-state index contributed by atoms with van der Waals surface area (Å²) in [5.41, 5.74) is 2.70.